The lowest BCUT2D eigenvalue weighted by Crippen LogP contribution is -2.26. The first-order chi connectivity index (χ1) is 18.3. The number of benzene rings is 3. The normalized spacial score (nSPS) is 13.2. The maximum absolute atomic E-state index is 12.9. The maximum Gasteiger partial charge on any atom is 0.272 e. The number of amides is 2. The van der Waals surface area contributed by atoms with Crippen LogP contribution in [0.5, 0.6) is 0 Å². The van der Waals surface area contributed by atoms with Crippen LogP contribution in [0.25, 0.3) is 11.0 Å². The molecule has 0 saturated carbocycles. The first-order valence-electron chi connectivity index (χ1n) is 12.8. The second-order valence-electron chi connectivity index (χ2n) is 9.76. The number of carbonyl (C=O) groups excluding carboxylic acids is 2. The van der Waals surface area contributed by atoms with E-state index in [0.717, 1.165) is 30.8 Å². The summed E-state index contributed by atoms with van der Waals surface area (Å²) < 4.78 is 1.65. The molecule has 1 aliphatic rings. The molecule has 5 rings (SSSR count). The first kappa shape index (κ1) is 25.4. The molecule has 0 aliphatic carbocycles. The number of likely N-dealkylation sites (N-methyl/N-ethyl adjacent to an activating group) is 1. The van der Waals surface area contributed by atoms with E-state index in [1.807, 2.05) is 31.2 Å². The van der Waals surface area contributed by atoms with Crippen molar-refractivity contribution >= 4 is 28.5 Å². The lowest BCUT2D eigenvalue weighted by Gasteiger charge is -2.25. The quantitative estimate of drug-likeness (QED) is 0.411. The van der Waals surface area contributed by atoms with Crippen molar-refractivity contribution in [3.05, 3.63) is 105 Å². The Morgan fingerprint density at radius 2 is 1.79 bits per heavy atom. The molecule has 8 heteroatoms. The summed E-state index contributed by atoms with van der Waals surface area (Å²) in [6.45, 7) is 6.29. The van der Waals surface area contributed by atoms with Crippen LogP contribution in [-0.4, -0.2) is 39.9 Å². The summed E-state index contributed by atoms with van der Waals surface area (Å²) in [6.07, 6.45) is 1.02. The van der Waals surface area contributed by atoms with Gasteiger partial charge in [0.05, 0.1) is 11.0 Å². The maximum atomic E-state index is 12.9. The first-order valence-corrected chi connectivity index (χ1v) is 12.8. The smallest absolute Gasteiger partial charge is 0.272 e. The molecule has 0 unspecified atom stereocenters. The predicted octanol–water partition coefficient (Wildman–Crippen LogP) is 3.90. The van der Waals surface area contributed by atoms with Crippen molar-refractivity contribution in [1.82, 2.24) is 19.8 Å². The van der Waals surface area contributed by atoms with Gasteiger partial charge < -0.3 is 20.1 Å². The number of nitrogens with one attached hydrogen (secondary N) is 2. The van der Waals surface area contributed by atoms with Crippen LogP contribution in [0.2, 0.25) is 0 Å². The molecule has 2 amide bonds. The summed E-state index contributed by atoms with van der Waals surface area (Å²) in [5.74, 6) is -0.449. The van der Waals surface area contributed by atoms with Crippen LogP contribution < -0.4 is 16.2 Å². The van der Waals surface area contributed by atoms with Gasteiger partial charge in [0.2, 0.25) is 0 Å². The Bertz CT molecular complexity index is 1610. The van der Waals surface area contributed by atoms with E-state index in [2.05, 4.69) is 33.6 Å². The average Bonchev–Trinajstić information content (AvgIpc) is 2.92. The van der Waals surface area contributed by atoms with Gasteiger partial charge >= 0.3 is 0 Å². The van der Waals surface area contributed by atoms with E-state index < -0.39 is 0 Å². The van der Waals surface area contributed by atoms with Crippen molar-refractivity contribution < 1.29 is 9.59 Å². The number of anilines is 1. The number of hydrogen-bond acceptors (Lipinski definition) is 5. The number of hydrogen-bond donors (Lipinski definition) is 2. The van der Waals surface area contributed by atoms with Crippen LogP contribution in [-0.2, 0) is 26.1 Å². The minimum Gasteiger partial charge on any atom is -0.348 e. The molecule has 1 aliphatic heterocycles. The van der Waals surface area contributed by atoms with Gasteiger partial charge in [0, 0.05) is 43.0 Å². The molecule has 3 aromatic carbocycles. The van der Waals surface area contributed by atoms with Crippen LogP contribution in [0.15, 0.2) is 65.5 Å². The molecule has 0 fully saturated rings. The van der Waals surface area contributed by atoms with E-state index in [1.165, 1.54) is 11.1 Å². The van der Waals surface area contributed by atoms with E-state index in [0.29, 0.717) is 34.4 Å². The van der Waals surface area contributed by atoms with E-state index in [9.17, 15) is 14.4 Å². The average molecular weight is 510 g/mol. The lowest BCUT2D eigenvalue weighted by atomic mass is 9.99. The van der Waals surface area contributed by atoms with Crippen molar-refractivity contribution in [3.8, 4) is 0 Å². The zero-order valence-corrected chi connectivity index (χ0v) is 21.9. The van der Waals surface area contributed by atoms with Crippen molar-refractivity contribution in [1.29, 1.82) is 0 Å². The van der Waals surface area contributed by atoms with Gasteiger partial charge in [-0.2, -0.15) is 0 Å². The van der Waals surface area contributed by atoms with E-state index in [4.69, 9.17) is 0 Å². The molecule has 1 aromatic heterocycles. The van der Waals surface area contributed by atoms with Gasteiger partial charge in [-0.3, -0.25) is 14.4 Å². The minimum atomic E-state index is -0.255. The molecule has 38 heavy (non-hydrogen) atoms. The van der Waals surface area contributed by atoms with Crippen LogP contribution in [0.4, 0.5) is 5.69 Å². The van der Waals surface area contributed by atoms with E-state index in [-0.39, 0.29) is 23.9 Å². The van der Waals surface area contributed by atoms with Gasteiger partial charge in [-0.05, 0) is 86.5 Å². The third kappa shape index (κ3) is 5.21. The number of nitrogens with zero attached hydrogens (tertiary/aromatic N) is 3. The Hall–Kier alpha value is -4.30. The van der Waals surface area contributed by atoms with Gasteiger partial charge in [0.25, 0.3) is 17.4 Å². The summed E-state index contributed by atoms with van der Waals surface area (Å²) in [5.41, 5.74) is 6.71. The standard InChI is InChI=1S/C30H31N5O3/c1-4-35-27-11-9-23(16-26(27)32-19(2)30(35)38)28(36)31-17-20-6-5-7-22(14-20)29(37)33-25-10-8-21-12-13-34(3)18-24(21)15-25/h5-11,14-16H,4,12-13,17-18H2,1-3H3,(H,31,36)(H,33,37). The topological polar surface area (TPSA) is 96.3 Å². The molecule has 4 aromatic rings. The lowest BCUT2D eigenvalue weighted by molar-refractivity contribution is 0.0950. The summed E-state index contributed by atoms with van der Waals surface area (Å²) in [6, 6.07) is 18.5. The number of fused-ring (bicyclic) bond motifs is 2. The fraction of sp³-hybridized carbons (Fsp3) is 0.267. The summed E-state index contributed by atoms with van der Waals surface area (Å²) >= 11 is 0. The third-order valence-electron chi connectivity index (χ3n) is 7.00. The van der Waals surface area contributed by atoms with Crippen LogP contribution in [0.1, 0.15) is 50.0 Å². The van der Waals surface area contributed by atoms with Crippen molar-refractivity contribution in [3.63, 3.8) is 0 Å². The minimum absolute atomic E-state index is 0.125. The molecule has 0 bridgehead atoms. The third-order valence-corrected chi connectivity index (χ3v) is 7.00. The fourth-order valence-corrected chi connectivity index (χ4v) is 4.92. The van der Waals surface area contributed by atoms with E-state index in [1.54, 1.807) is 41.8 Å². The second-order valence-corrected chi connectivity index (χ2v) is 9.76. The Morgan fingerprint density at radius 3 is 2.61 bits per heavy atom. The Balaban J connectivity index is 1.26. The Morgan fingerprint density at radius 1 is 0.974 bits per heavy atom. The molecule has 2 heterocycles. The second kappa shape index (κ2) is 10.6. The molecule has 0 atom stereocenters. The van der Waals surface area contributed by atoms with Crippen molar-refractivity contribution in [2.24, 2.45) is 0 Å². The molecule has 2 N–H and O–H groups in total. The SMILES string of the molecule is CCn1c(=O)c(C)nc2cc(C(=O)NCc3cccc(C(=O)Nc4ccc5c(c4)CN(C)CC5)c3)ccc21. The molecule has 194 valence electrons. The van der Waals surface area contributed by atoms with Crippen molar-refractivity contribution in [2.45, 2.75) is 39.9 Å². The molecular weight excluding hydrogens is 478 g/mol. The molecular formula is C30H31N5O3. The molecule has 0 radical (unpaired) electrons. The Labute approximate surface area is 221 Å². The molecule has 0 saturated heterocycles. The van der Waals surface area contributed by atoms with Gasteiger partial charge in [-0.25, -0.2) is 4.98 Å². The van der Waals surface area contributed by atoms with Gasteiger partial charge in [0.15, 0.2) is 0 Å². The van der Waals surface area contributed by atoms with Gasteiger partial charge in [0.1, 0.15) is 5.69 Å². The number of aryl methyl sites for hydroxylation is 2. The number of carbonyl (C=O) groups is 2. The van der Waals surface area contributed by atoms with Crippen LogP contribution in [0, 0.1) is 6.92 Å². The molecule has 0 spiro atoms. The molecule has 8 nitrogen and oxygen atoms in total. The van der Waals surface area contributed by atoms with Crippen LogP contribution >= 0.6 is 0 Å². The monoisotopic (exact) mass is 509 g/mol. The summed E-state index contributed by atoms with van der Waals surface area (Å²) in [4.78, 5) is 44.8. The number of rotatable bonds is 6. The fourth-order valence-electron chi connectivity index (χ4n) is 4.92. The summed E-state index contributed by atoms with van der Waals surface area (Å²) in [7, 11) is 2.10. The van der Waals surface area contributed by atoms with Gasteiger partial charge in [-0.15, -0.1) is 0 Å². The predicted molar refractivity (Wildman–Crippen MR) is 148 cm³/mol. The zero-order chi connectivity index (χ0) is 26.8. The number of aromatic nitrogens is 2. The zero-order valence-electron chi connectivity index (χ0n) is 21.9. The summed E-state index contributed by atoms with van der Waals surface area (Å²) in [5, 5.41) is 5.92. The highest BCUT2D eigenvalue weighted by Gasteiger charge is 2.15. The largest absolute Gasteiger partial charge is 0.348 e. The van der Waals surface area contributed by atoms with Crippen LogP contribution in [0.3, 0.4) is 0 Å². The highest BCUT2D eigenvalue weighted by molar-refractivity contribution is 6.04. The highest BCUT2D eigenvalue weighted by atomic mass is 16.2. The highest BCUT2D eigenvalue weighted by Crippen LogP contribution is 2.22. The Kier molecular flexibility index (Phi) is 7.07. The van der Waals surface area contributed by atoms with Crippen molar-refractivity contribution in [2.75, 3.05) is 18.9 Å². The van der Waals surface area contributed by atoms with E-state index >= 15 is 0 Å². The van der Waals surface area contributed by atoms with Gasteiger partial charge in [-0.1, -0.05) is 18.2 Å².